The van der Waals surface area contributed by atoms with Crippen LogP contribution < -0.4 is 5.32 Å². The Hall–Kier alpha value is -1.59. The van der Waals surface area contributed by atoms with Gasteiger partial charge in [-0.1, -0.05) is 12.1 Å². The Morgan fingerprint density at radius 3 is 2.46 bits per heavy atom. The molecule has 1 aromatic carbocycles. The molecular weight excluding hydrogens is 302 g/mol. The highest BCUT2D eigenvalue weighted by molar-refractivity contribution is 5.76. The zero-order valence-corrected chi connectivity index (χ0v) is 14.8. The highest BCUT2D eigenvalue weighted by Crippen LogP contribution is 2.24. The first-order valence-electron chi connectivity index (χ1n) is 9.05. The van der Waals surface area contributed by atoms with Crippen LogP contribution in [-0.4, -0.2) is 59.6 Å². The van der Waals surface area contributed by atoms with Crippen molar-refractivity contribution in [1.82, 2.24) is 15.1 Å². The first-order valence-corrected chi connectivity index (χ1v) is 9.05. The largest absolute Gasteiger partial charge is 0.507 e. The van der Waals surface area contributed by atoms with Gasteiger partial charge in [-0.15, -0.1) is 0 Å². The Bertz CT molecular complexity index is 571. The standard InChI is InChI=1S/C19H29N3O2/c1-14-11-16(12-15(2)19(14)24)13-21-7-9-22(10-8-21)17-3-4-18(23)20-6-5-17/h11-12,17,24H,3-10,13H2,1-2H3,(H,20,23)/t17-/m1/s1. The molecule has 0 bridgehead atoms. The third-order valence-electron chi connectivity index (χ3n) is 5.38. The average molecular weight is 331 g/mol. The van der Waals surface area contributed by atoms with Gasteiger partial charge in [-0.25, -0.2) is 0 Å². The second kappa shape index (κ2) is 7.53. The summed E-state index contributed by atoms with van der Waals surface area (Å²) in [4.78, 5) is 16.5. The monoisotopic (exact) mass is 331 g/mol. The van der Waals surface area contributed by atoms with Crippen LogP contribution in [-0.2, 0) is 11.3 Å². The minimum atomic E-state index is 0.203. The van der Waals surface area contributed by atoms with Gasteiger partial charge in [0.25, 0.3) is 0 Å². The molecule has 3 rings (SSSR count). The molecule has 0 aliphatic carbocycles. The summed E-state index contributed by atoms with van der Waals surface area (Å²) in [5.74, 6) is 0.620. The lowest BCUT2D eigenvalue weighted by atomic mass is 10.0. The van der Waals surface area contributed by atoms with Crippen molar-refractivity contribution in [3.8, 4) is 5.75 Å². The van der Waals surface area contributed by atoms with Crippen molar-refractivity contribution in [2.45, 2.75) is 45.7 Å². The number of aromatic hydroxyl groups is 1. The third-order valence-corrected chi connectivity index (χ3v) is 5.38. The number of rotatable bonds is 3. The fraction of sp³-hybridized carbons (Fsp3) is 0.632. The van der Waals surface area contributed by atoms with Crippen LogP contribution in [0.4, 0.5) is 0 Å². The molecule has 2 N–H and O–H groups in total. The van der Waals surface area contributed by atoms with E-state index in [9.17, 15) is 9.90 Å². The van der Waals surface area contributed by atoms with Crippen LogP contribution in [0.5, 0.6) is 5.75 Å². The predicted molar refractivity (Wildman–Crippen MR) is 95.1 cm³/mol. The molecule has 1 atom stereocenters. The maximum absolute atomic E-state index is 11.5. The molecule has 2 aliphatic heterocycles. The molecule has 2 heterocycles. The van der Waals surface area contributed by atoms with Crippen molar-refractivity contribution in [2.75, 3.05) is 32.7 Å². The van der Waals surface area contributed by atoms with Crippen LogP contribution in [0.3, 0.4) is 0 Å². The van der Waals surface area contributed by atoms with Crippen molar-refractivity contribution in [3.63, 3.8) is 0 Å². The number of carbonyl (C=O) groups excluding carboxylic acids is 1. The summed E-state index contributed by atoms with van der Waals surface area (Å²) < 4.78 is 0. The highest BCUT2D eigenvalue weighted by atomic mass is 16.3. The molecule has 2 saturated heterocycles. The van der Waals surface area contributed by atoms with E-state index in [1.807, 2.05) is 13.8 Å². The number of benzene rings is 1. The zero-order valence-electron chi connectivity index (χ0n) is 14.8. The lowest BCUT2D eigenvalue weighted by Crippen LogP contribution is -2.50. The topological polar surface area (TPSA) is 55.8 Å². The lowest BCUT2D eigenvalue weighted by molar-refractivity contribution is -0.120. The Morgan fingerprint density at radius 2 is 1.79 bits per heavy atom. The number of hydrogen-bond acceptors (Lipinski definition) is 4. The van der Waals surface area contributed by atoms with Gasteiger partial charge < -0.3 is 10.4 Å². The maximum Gasteiger partial charge on any atom is 0.220 e. The molecule has 24 heavy (non-hydrogen) atoms. The van der Waals surface area contributed by atoms with E-state index in [0.29, 0.717) is 18.2 Å². The molecule has 1 amide bonds. The number of nitrogens with one attached hydrogen (secondary N) is 1. The van der Waals surface area contributed by atoms with Gasteiger partial charge in [0.1, 0.15) is 5.75 Å². The number of carbonyl (C=O) groups is 1. The number of aryl methyl sites for hydroxylation is 2. The molecule has 0 radical (unpaired) electrons. The summed E-state index contributed by atoms with van der Waals surface area (Å²) in [7, 11) is 0. The number of nitrogens with zero attached hydrogens (tertiary/aromatic N) is 2. The number of phenols is 1. The van der Waals surface area contributed by atoms with E-state index in [-0.39, 0.29) is 5.91 Å². The Balaban J connectivity index is 1.53. The molecule has 5 heteroatoms. The van der Waals surface area contributed by atoms with Gasteiger partial charge in [0, 0.05) is 51.7 Å². The average Bonchev–Trinajstić information content (AvgIpc) is 2.78. The zero-order chi connectivity index (χ0) is 17.1. The maximum atomic E-state index is 11.5. The van der Waals surface area contributed by atoms with E-state index in [1.165, 1.54) is 5.56 Å². The number of phenolic OH excluding ortho intramolecular Hbond substituents is 1. The van der Waals surface area contributed by atoms with Gasteiger partial charge in [0.15, 0.2) is 0 Å². The number of piperazine rings is 1. The molecule has 2 aliphatic rings. The first kappa shape index (κ1) is 17.2. The SMILES string of the molecule is Cc1cc(CN2CCN([C@H]3CCNC(=O)CC3)CC2)cc(C)c1O. The van der Waals surface area contributed by atoms with Gasteiger partial charge in [-0.05, 0) is 43.4 Å². The van der Waals surface area contributed by atoms with E-state index in [0.717, 1.165) is 63.2 Å². The molecule has 5 nitrogen and oxygen atoms in total. The molecule has 0 unspecified atom stereocenters. The summed E-state index contributed by atoms with van der Waals surface area (Å²) in [5.41, 5.74) is 3.19. The predicted octanol–water partition coefficient (Wildman–Crippen LogP) is 1.80. The molecule has 2 fully saturated rings. The van der Waals surface area contributed by atoms with Gasteiger partial charge in [0.05, 0.1) is 0 Å². The smallest absolute Gasteiger partial charge is 0.220 e. The quantitative estimate of drug-likeness (QED) is 0.887. The summed E-state index contributed by atoms with van der Waals surface area (Å²) in [6.07, 6.45) is 2.72. The second-order valence-electron chi connectivity index (χ2n) is 7.22. The van der Waals surface area contributed by atoms with E-state index < -0.39 is 0 Å². The van der Waals surface area contributed by atoms with Crippen molar-refractivity contribution in [1.29, 1.82) is 0 Å². The summed E-state index contributed by atoms with van der Waals surface area (Å²) in [5, 5.41) is 12.9. The lowest BCUT2D eigenvalue weighted by Gasteiger charge is -2.39. The Kier molecular flexibility index (Phi) is 5.41. The molecule has 0 aromatic heterocycles. The van der Waals surface area contributed by atoms with Gasteiger partial charge in [-0.3, -0.25) is 14.6 Å². The summed E-state index contributed by atoms with van der Waals surface area (Å²) in [6, 6.07) is 4.73. The van der Waals surface area contributed by atoms with Gasteiger partial charge >= 0.3 is 0 Å². The Labute approximate surface area is 144 Å². The summed E-state index contributed by atoms with van der Waals surface area (Å²) >= 11 is 0. The summed E-state index contributed by atoms with van der Waals surface area (Å²) in [6.45, 7) is 9.98. The molecular formula is C19H29N3O2. The number of amides is 1. The Morgan fingerprint density at radius 1 is 1.12 bits per heavy atom. The van der Waals surface area contributed by atoms with Gasteiger partial charge in [-0.2, -0.15) is 0 Å². The van der Waals surface area contributed by atoms with Crippen molar-refractivity contribution in [2.24, 2.45) is 0 Å². The van der Waals surface area contributed by atoms with Crippen molar-refractivity contribution >= 4 is 5.91 Å². The second-order valence-corrected chi connectivity index (χ2v) is 7.22. The molecule has 132 valence electrons. The van der Waals surface area contributed by atoms with E-state index >= 15 is 0 Å². The van der Waals surface area contributed by atoms with E-state index in [4.69, 9.17) is 0 Å². The van der Waals surface area contributed by atoms with Gasteiger partial charge in [0.2, 0.25) is 5.91 Å². The number of hydrogen-bond donors (Lipinski definition) is 2. The van der Waals surface area contributed by atoms with Crippen LogP contribution >= 0.6 is 0 Å². The van der Waals surface area contributed by atoms with Crippen LogP contribution in [0.25, 0.3) is 0 Å². The molecule has 1 aromatic rings. The fourth-order valence-electron chi connectivity index (χ4n) is 3.96. The van der Waals surface area contributed by atoms with Crippen molar-refractivity contribution in [3.05, 3.63) is 28.8 Å². The van der Waals surface area contributed by atoms with Crippen LogP contribution in [0.1, 0.15) is 36.0 Å². The fourth-order valence-corrected chi connectivity index (χ4v) is 3.96. The molecule has 0 spiro atoms. The normalized spacial score (nSPS) is 23.8. The van der Waals surface area contributed by atoms with E-state index in [1.54, 1.807) is 0 Å². The minimum absolute atomic E-state index is 0.203. The van der Waals surface area contributed by atoms with Crippen LogP contribution in [0, 0.1) is 13.8 Å². The minimum Gasteiger partial charge on any atom is -0.507 e. The molecule has 0 saturated carbocycles. The van der Waals surface area contributed by atoms with E-state index in [2.05, 4.69) is 27.2 Å². The third kappa shape index (κ3) is 4.08. The van der Waals surface area contributed by atoms with Crippen LogP contribution in [0.15, 0.2) is 12.1 Å². The first-order chi connectivity index (χ1) is 11.5. The van der Waals surface area contributed by atoms with Crippen molar-refractivity contribution < 1.29 is 9.90 Å². The highest BCUT2D eigenvalue weighted by Gasteiger charge is 2.25. The van der Waals surface area contributed by atoms with Crippen LogP contribution in [0.2, 0.25) is 0 Å².